The maximum absolute atomic E-state index is 11.2. The Morgan fingerprint density at radius 3 is 2.92 bits per heavy atom. The lowest BCUT2D eigenvalue weighted by Gasteiger charge is -2.38. The molecule has 0 saturated carbocycles. The molecule has 0 radical (unpaired) electrons. The van der Waals surface area contributed by atoms with Crippen molar-refractivity contribution in [1.29, 1.82) is 0 Å². The molecule has 0 saturated heterocycles. The van der Waals surface area contributed by atoms with Crippen LogP contribution in [0.4, 0.5) is 5.69 Å². The summed E-state index contributed by atoms with van der Waals surface area (Å²) in [6, 6.07) is 13.5. The molecular weight excluding hydrogens is 302 g/mol. The van der Waals surface area contributed by atoms with Crippen molar-refractivity contribution in [2.24, 2.45) is 5.92 Å². The Hall–Kier alpha value is -2.75. The third-order valence-electron chi connectivity index (χ3n) is 5.05. The van der Waals surface area contributed by atoms with E-state index in [0.717, 1.165) is 23.4 Å². The van der Waals surface area contributed by atoms with E-state index in [1.165, 1.54) is 5.56 Å². The Bertz CT molecular complexity index is 827. The number of hydrogen-bond donors (Lipinski definition) is 1. The van der Waals surface area contributed by atoms with Crippen molar-refractivity contribution in [3.8, 4) is 5.75 Å². The molecule has 0 amide bonds. The lowest BCUT2D eigenvalue weighted by Crippen LogP contribution is -2.30. The van der Waals surface area contributed by atoms with Crippen LogP contribution in [0, 0.1) is 5.92 Å². The molecule has 0 aromatic heterocycles. The van der Waals surface area contributed by atoms with Gasteiger partial charge < -0.3 is 20.0 Å². The number of nitrogens with one attached hydrogen (secondary N) is 1. The van der Waals surface area contributed by atoms with Gasteiger partial charge in [0.25, 0.3) is 0 Å². The number of allylic oxidation sites excluding steroid dienone is 2. The summed E-state index contributed by atoms with van der Waals surface area (Å²) >= 11 is 0. The van der Waals surface area contributed by atoms with Gasteiger partial charge >= 0.3 is 0 Å². The van der Waals surface area contributed by atoms with Crippen molar-refractivity contribution in [3.05, 3.63) is 71.3 Å². The summed E-state index contributed by atoms with van der Waals surface area (Å²) in [4.78, 5) is 11.2. The number of hydrogen-bond acceptors (Lipinski definition) is 4. The van der Waals surface area contributed by atoms with Crippen molar-refractivity contribution in [2.75, 3.05) is 12.4 Å². The average molecular weight is 320 g/mol. The summed E-state index contributed by atoms with van der Waals surface area (Å²) < 4.78 is 5.35. The summed E-state index contributed by atoms with van der Waals surface area (Å²) in [5.41, 5.74) is 3.44. The predicted molar refractivity (Wildman–Crippen MR) is 90.1 cm³/mol. The van der Waals surface area contributed by atoms with Gasteiger partial charge in [-0.25, -0.2) is 0 Å². The molecule has 122 valence electrons. The van der Waals surface area contributed by atoms with Crippen LogP contribution in [0.3, 0.4) is 0 Å². The van der Waals surface area contributed by atoms with Crippen LogP contribution in [0.1, 0.15) is 39.9 Å². The highest BCUT2D eigenvalue weighted by Gasteiger charge is 2.38. The second-order valence-electron chi connectivity index (χ2n) is 6.34. The normalized spacial score (nSPS) is 24.0. The van der Waals surface area contributed by atoms with Gasteiger partial charge in [-0.3, -0.25) is 0 Å². The number of methoxy groups -OCH3 is 1. The van der Waals surface area contributed by atoms with Crippen LogP contribution >= 0.6 is 0 Å². The van der Waals surface area contributed by atoms with Gasteiger partial charge in [0.05, 0.1) is 19.1 Å². The Kier molecular flexibility index (Phi) is 3.53. The summed E-state index contributed by atoms with van der Waals surface area (Å²) in [5.74, 6) is 0.291. The second kappa shape index (κ2) is 5.71. The number of ether oxygens (including phenoxy) is 1. The first-order chi connectivity index (χ1) is 11.7. The monoisotopic (exact) mass is 320 g/mol. The highest BCUT2D eigenvalue weighted by atomic mass is 16.5. The van der Waals surface area contributed by atoms with E-state index in [1.54, 1.807) is 19.2 Å². The largest absolute Gasteiger partial charge is 0.545 e. The molecule has 1 aliphatic carbocycles. The molecule has 1 heterocycles. The molecule has 0 bridgehead atoms. The van der Waals surface area contributed by atoms with Crippen molar-refractivity contribution in [2.45, 2.75) is 18.4 Å². The summed E-state index contributed by atoms with van der Waals surface area (Å²) in [7, 11) is 1.67. The highest BCUT2D eigenvalue weighted by molar-refractivity contribution is 5.87. The molecule has 2 aliphatic rings. The van der Waals surface area contributed by atoms with E-state index < -0.39 is 5.97 Å². The standard InChI is InChI=1S/C20H19NO3/c1-24-14-5-2-4-12(10-14)19-16-7-3-6-15(16)17-11-13(20(22)23)8-9-18(17)21-19/h2-6,8-11,15-16,19,21H,7H2,1H3,(H,22,23)/p-1/t15-,16-,19+/m1/s1. The average Bonchev–Trinajstić information content (AvgIpc) is 3.10. The van der Waals surface area contributed by atoms with E-state index in [0.29, 0.717) is 5.92 Å². The van der Waals surface area contributed by atoms with Crippen LogP contribution in [0.2, 0.25) is 0 Å². The van der Waals surface area contributed by atoms with E-state index in [1.807, 2.05) is 18.2 Å². The number of carboxylic acids is 1. The fourth-order valence-corrected chi connectivity index (χ4v) is 3.89. The zero-order valence-electron chi connectivity index (χ0n) is 13.4. The number of benzene rings is 2. The van der Waals surface area contributed by atoms with Crippen LogP contribution < -0.4 is 15.2 Å². The smallest absolute Gasteiger partial charge is 0.119 e. The lowest BCUT2D eigenvalue weighted by molar-refractivity contribution is -0.255. The maximum Gasteiger partial charge on any atom is 0.119 e. The minimum Gasteiger partial charge on any atom is -0.545 e. The van der Waals surface area contributed by atoms with E-state index in [4.69, 9.17) is 4.74 Å². The third-order valence-corrected chi connectivity index (χ3v) is 5.05. The zero-order chi connectivity index (χ0) is 16.7. The van der Waals surface area contributed by atoms with Crippen LogP contribution in [0.15, 0.2) is 54.6 Å². The van der Waals surface area contributed by atoms with E-state index in [9.17, 15) is 9.90 Å². The minimum absolute atomic E-state index is 0.168. The number of fused-ring (bicyclic) bond motifs is 3. The molecule has 3 atom stereocenters. The molecule has 0 spiro atoms. The van der Waals surface area contributed by atoms with Gasteiger partial charge in [-0.1, -0.05) is 30.4 Å². The van der Waals surface area contributed by atoms with E-state index in [-0.39, 0.29) is 17.5 Å². The van der Waals surface area contributed by atoms with Crippen LogP contribution in [-0.4, -0.2) is 13.1 Å². The Morgan fingerprint density at radius 1 is 1.25 bits per heavy atom. The fraction of sp³-hybridized carbons (Fsp3) is 0.250. The third kappa shape index (κ3) is 2.35. The Morgan fingerprint density at radius 2 is 2.12 bits per heavy atom. The van der Waals surface area contributed by atoms with Gasteiger partial charge in [-0.15, -0.1) is 0 Å². The quantitative estimate of drug-likeness (QED) is 0.883. The number of carbonyl (C=O) groups excluding carboxylic acids is 1. The van der Waals surface area contributed by atoms with Gasteiger partial charge in [0.1, 0.15) is 5.75 Å². The van der Waals surface area contributed by atoms with Crippen LogP contribution in [0.5, 0.6) is 5.75 Å². The molecule has 0 unspecified atom stereocenters. The predicted octanol–water partition coefficient (Wildman–Crippen LogP) is 2.89. The van der Waals surface area contributed by atoms with Gasteiger partial charge in [0.15, 0.2) is 0 Å². The highest BCUT2D eigenvalue weighted by Crippen LogP contribution is 2.50. The zero-order valence-corrected chi connectivity index (χ0v) is 13.4. The number of anilines is 1. The topological polar surface area (TPSA) is 61.4 Å². The summed E-state index contributed by atoms with van der Waals surface area (Å²) in [5, 5.41) is 14.8. The first-order valence-corrected chi connectivity index (χ1v) is 8.10. The van der Waals surface area contributed by atoms with Crippen molar-refractivity contribution < 1.29 is 14.6 Å². The molecule has 1 N–H and O–H groups in total. The molecule has 4 heteroatoms. The van der Waals surface area contributed by atoms with E-state index >= 15 is 0 Å². The molecule has 0 fully saturated rings. The SMILES string of the molecule is COc1cccc([C@@H]2Nc3ccc(C(=O)[O-])cc3[C@@H]3C=CC[C@H]32)c1. The first kappa shape index (κ1) is 14.8. The second-order valence-corrected chi connectivity index (χ2v) is 6.34. The number of rotatable bonds is 3. The Balaban J connectivity index is 1.76. The van der Waals surface area contributed by atoms with Gasteiger partial charge in [-0.2, -0.15) is 0 Å². The minimum atomic E-state index is -1.13. The first-order valence-electron chi connectivity index (χ1n) is 8.10. The van der Waals surface area contributed by atoms with Crippen LogP contribution in [0.25, 0.3) is 0 Å². The van der Waals surface area contributed by atoms with Crippen molar-refractivity contribution in [1.82, 2.24) is 0 Å². The molecule has 1 aliphatic heterocycles. The maximum atomic E-state index is 11.2. The molecule has 2 aromatic carbocycles. The van der Waals surface area contributed by atoms with Gasteiger partial charge in [0.2, 0.25) is 0 Å². The Labute approximate surface area is 140 Å². The molecule has 4 nitrogen and oxygen atoms in total. The van der Waals surface area contributed by atoms with Crippen molar-refractivity contribution in [3.63, 3.8) is 0 Å². The summed E-state index contributed by atoms with van der Waals surface area (Å²) in [6.07, 6.45) is 5.34. The molecule has 2 aromatic rings. The molecular formula is C20H18NO3-. The van der Waals surface area contributed by atoms with E-state index in [2.05, 4.69) is 29.6 Å². The van der Waals surface area contributed by atoms with Crippen molar-refractivity contribution >= 4 is 11.7 Å². The van der Waals surface area contributed by atoms with Gasteiger partial charge in [0, 0.05) is 11.6 Å². The lowest BCUT2D eigenvalue weighted by atomic mass is 9.76. The fourth-order valence-electron chi connectivity index (χ4n) is 3.89. The van der Waals surface area contributed by atoms with Crippen LogP contribution in [-0.2, 0) is 0 Å². The summed E-state index contributed by atoms with van der Waals surface area (Å²) in [6.45, 7) is 0. The molecule has 4 rings (SSSR count). The number of aromatic carboxylic acids is 1. The number of carboxylic acid groups (broad SMARTS) is 1. The number of carbonyl (C=O) groups is 1. The van der Waals surface area contributed by atoms with Gasteiger partial charge in [-0.05, 0) is 53.3 Å². The molecule has 24 heavy (non-hydrogen) atoms.